The zero-order chi connectivity index (χ0) is 18.1. The quantitative estimate of drug-likeness (QED) is 0.844. The molecule has 0 bridgehead atoms. The maximum absolute atomic E-state index is 12.8. The Kier molecular flexibility index (Phi) is 5.13. The van der Waals surface area contributed by atoms with Crippen LogP contribution in [0.5, 0.6) is 0 Å². The van der Waals surface area contributed by atoms with Gasteiger partial charge in [0.15, 0.2) is 5.89 Å². The van der Waals surface area contributed by atoms with E-state index in [-0.39, 0.29) is 23.9 Å². The van der Waals surface area contributed by atoms with Crippen molar-refractivity contribution in [2.45, 2.75) is 64.0 Å². The Hall–Kier alpha value is -1.89. The van der Waals surface area contributed by atoms with Crippen molar-refractivity contribution in [3.8, 4) is 0 Å². The molecule has 1 atom stereocenters. The number of nitrogens with two attached hydrogens (primary N) is 1. The van der Waals surface area contributed by atoms with Gasteiger partial charge in [-0.1, -0.05) is 6.92 Å². The number of piperidine rings is 1. The van der Waals surface area contributed by atoms with E-state index >= 15 is 0 Å². The zero-order valence-electron chi connectivity index (χ0n) is 15.3. The van der Waals surface area contributed by atoms with Crippen LogP contribution in [0, 0.1) is 6.92 Å². The topological polar surface area (TPSA) is 92.7 Å². The average Bonchev–Trinajstić information content (AvgIpc) is 3.37. The van der Waals surface area contributed by atoms with Crippen LogP contribution in [-0.2, 0) is 4.79 Å². The van der Waals surface area contributed by atoms with Crippen molar-refractivity contribution < 1.29 is 14.0 Å². The molecule has 1 saturated carbocycles. The Morgan fingerprint density at radius 1 is 1.32 bits per heavy atom. The monoisotopic (exact) mass is 348 g/mol. The Balaban J connectivity index is 1.61. The van der Waals surface area contributed by atoms with E-state index in [0.717, 1.165) is 45.2 Å². The smallest absolute Gasteiger partial charge is 0.291 e. The van der Waals surface area contributed by atoms with Gasteiger partial charge < -0.3 is 15.1 Å². The lowest BCUT2D eigenvalue weighted by atomic mass is 10.0. The van der Waals surface area contributed by atoms with E-state index < -0.39 is 0 Å². The van der Waals surface area contributed by atoms with E-state index in [0.29, 0.717) is 23.3 Å². The van der Waals surface area contributed by atoms with Crippen LogP contribution in [0.2, 0.25) is 0 Å². The Morgan fingerprint density at radius 3 is 2.48 bits per heavy atom. The summed E-state index contributed by atoms with van der Waals surface area (Å²) >= 11 is 0. The lowest BCUT2D eigenvalue weighted by Crippen LogP contribution is -2.52. The first-order chi connectivity index (χ1) is 11.9. The molecule has 1 aromatic heterocycles. The molecule has 25 heavy (non-hydrogen) atoms. The van der Waals surface area contributed by atoms with Crippen LogP contribution in [-0.4, -0.2) is 58.8 Å². The average molecular weight is 348 g/mol. The van der Waals surface area contributed by atoms with Crippen molar-refractivity contribution >= 4 is 11.8 Å². The standard InChI is InChI=1S/C18H28N4O3/c1-4-14(16(19)23)22-9-7-13(8-10-22)21(3)18(24)15-11(2)20-17(25-15)12-5-6-12/h12-14H,4-10H2,1-3H3,(H2,19,23). The molecule has 138 valence electrons. The highest BCUT2D eigenvalue weighted by Crippen LogP contribution is 2.40. The van der Waals surface area contributed by atoms with E-state index in [9.17, 15) is 9.59 Å². The third kappa shape index (κ3) is 3.71. The first kappa shape index (κ1) is 17.9. The van der Waals surface area contributed by atoms with Gasteiger partial charge in [0.05, 0.1) is 11.7 Å². The molecule has 1 saturated heterocycles. The molecule has 0 aromatic carbocycles. The minimum absolute atomic E-state index is 0.0997. The molecule has 7 heteroatoms. The number of aromatic nitrogens is 1. The number of aryl methyl sites for hydroxylation is 1. The van der Waals surface area contributed by atoms with Crippen molar-refractivity contribution in [2.75, 3.05) is 20.1 Å². The molecule has 2 aliphatic rings. The summed E-state index contributed by atoms with van der Waals surface area (Å²) in [6.45, 7) is 5.35. The van der Waals surface area contributed by atoms with Crippen molar-refractivity contribution in [3.63, 3.8) is 0 Å². The number of carbonyl (C=O) groups excluding carboxylic acids is 2. The summed E-state index contributed by atoms with van der Waals surface area (Å²) in [5.74, 6) is 1.10. The van der Waals surface area contributed by atoms with Crippen LogP contribution < -0.4 is 5.73 Å². The summed E-state index contributed by atoms with van der Waals surface area (Å²) in [7, 11) is 1.83. The number of amides is 2. The maximum atomic E-state index is 12.8. The third-order valence-electron chi connectivity index (χ3n) is 5.46. The van der Waals surface area contributed by atoms with Gasteiger partial charge in [0.2, 0.25) is 11.7 Å². The number of primary amides is 1. The third-order valence-corrected chi connectivity index (χ3v) is 5.46. The molecule has 7 nitrogen and oxygen atoms in total. The van der Waals surface area contributed by atoms with Crippen LogP contribution in [0.25, 0.3) is 0 Å². The number of rotatable bonds is 6. The number of carbonyl (C=O) groups is 2. The summed E-state index contributed by atoms with van der Waals surface area (Å²) in [6, 6.07) is -0.0671. The molecular weight excluding hydrogens is 320 g/mol. The van der Waals surface area contributed by atoms with Crippen LogP contribution in [0.1, 0.15) is 67.1 Å². The molecule has 3 rings (SSSR count). The van der Waals surface area contributed by atoms with Gasteiger partial charge in [-0.2, -0.15) is 0 Å². The van der Waals surface area contributed by atoms with Gasteiger partial charge in [0.1, 0.15) is 0 Å². The molecular formula is C18H28N4O3. The summed E-state index contributed by atoms with van der Waals surface area (Å²) < 4.78 is 5.75. The fraction of sp³-hybridized carbons (Fsp3) is 0.722. The molecule has 2 heterocycles. The Bertz CT molecular complexity index is 645. The Morgan fingerprint density at radius 2 is 1.96 bits per heavy atom. The highest BCUT2D eigenvalue weighted by molar-refractivity contribution is 5.92. The summed E-state index contributed by atoms with van der Waals surface area (Å²) in [4.78, 5) is 32.7. The lowest BCUT2D eigenvalue weighted by molar-refractivity contribution is -0.124. The normalized spacial score (nSPS) is 20.4. The molecule has 2 amide bonds. The summed E-state index contributed by atoms with van der Waals surface area (Å²) in [5.41, 5.74) is 6.16. The minimum Gasteiger partial charge on any atom is -0.435 e. The highest BCUT2D eigenvalue weighted by atomic mass is 16.4. The second-order valence-corrected chi connectivity index (χ2v) is 7.25. The van der Waals surface area contributed by atoms with Crippen LogP contribution in [0.4, 0.5) is 0 Å². The minimum atomic E-state index is -0.268. The first-order valence-corrected chi connectivity index (χ1v) is 9.20. The summed E-state index contributed by atoms with van der Waals surface area (Å²) in [5, 5.41) is 0. The number of likely N-dealkylation sites (tertiary alicyclic amines) is 1. The van der Waals surface area contributed by atoms with Gasteiger partial charge in [-0.15, -0.1) is 0 Å². The predicted octanol–water partition coefficient (Wildman–Crippen LogP) is 1.66. The van der Waals surface area contributed by atoms with Gasteiger partial charge in [-0.05, 0) is 39.0 Å². The van der Waals surface area contributed by atoms with E-state index in [1.807, 2.05) is 20.9 Å². The van der Waals surface area contributed by atoms with Crippen molar-refractivity contribution in [1.29, 1.82) is 0 Å². The zero-order valence-corrected chi connectivity index (χ0v) is 15.3. The predicted molar refractivity (Wildman–Crippen MR) is 93.2 cm³/mol. The molecule has 1 aliphatic heterocycles. The van der Waals surface area contributed by atoms with Crippen LogP contribution in [0.15, 0.2) is 4.42 Å². The highest BCUT2D eigenvalue weighted by Gasteiger charge is 2.34. The van der Waals surface area contributed by atoms with E-state index in [1.54, 1.807) is 4.90 Å². The van der Waals surface area contributed by atoms with Gasteiger partial charge in [-0.3, -0.25) is 14.5 Å². The van der Waals surface area contributed by atoms with Crippen LogP contribution in [0.3, 0.4) is 0 Å². The SMILES string of the molecule is CCC(C(N)=O)N1CCC(N(C)C(=O)c2oc(C3CC3)nc2C)CC1. The number of hydrogen-bond acceptors (Lipinski definition) is 5. The molecule has 0 radical (unpaired) electrons. The molecule has 1 unspecified atom stereocenters. The maximum Gasteiger partial charge on any atom is 0.291 e. The second-order valence-electron chi connectivity index (χ2n) is 7.25. The van der Waals surface area contributed by atoms with Crippen molar-refractivity contribution in [3.05, 3.63) is 17.3 Å². The second kappa shape index (κ2) is 7.15. The number of hydrogen-bond donors (Lipinski definition) is 1. The molecule has 1 aromatic rings. The Labute approximate surface area is 148 Å². The molecule has 2 N–H and O–H groups in total. The largest absolute Gasteiger partial charge is 0.435 e. The number of oxazole rings is 1. The lowest BCUT2D eigenvalue weighted by Gasteiger charge is -2.39. The van der Waals surface area contributed by atoms with E-state index in [1.165, 1.54) is 0 Å². The number of nitrogens with zero attached hydrogens (tertiary/aromatic N) is 3. The molecule has 0 spiro atoms. The molecule has 2 fully saturated rings. The molecule has 1 aliphatic carbocycles. The van der Waals surface area contributed by atoms with E-state index in [4.69, 9.17) is 10.2 Å². The fourth-order valence-electron chi connectivity index (χ4n) is 3.67. The summed E-state index contributed by atoms with van der Waals surface area (Å²) in [6.07, 6.45) is 4.57. The first-order valence-electron chi connectivity index (χ1n) is 9.20. The van der Waals surface area contributed by atoms with Crippen molar-refractivity contribution in [1.82, 2.24) is 14.8 Å². The van der Waals surface area contributed by atoms with Crippen LogP contribution >= 0.6 is 0 Å². The van der Waals surface area contributed by atoms with Gasteiger partial charge >= 0.3 is 0 Å². The van der Waals surface area contributed by atoms with E-state index in [2.05, 4.69) is 9.88 Å². The van der Waals surface area contributed by atoms with Gasteiger partial charge in [-0.25, -0.2) is 4.98 Å². The van der Waals surface area contributed by atoms with Crippen molar-refractivity contribution in [2.24, 2.45) is 5.73 Å². The van der Waals surface area contributed by atoms with Gasteiger partial charge in [0, 0.05) is 32.1 Å². The fourth-order valence-corrected chi connectivity index (χ4v) is 3.67. The van der Waals surface area contributed by atoms with Gasteiger partial charge in [0.25, 0.3) is 5.91 Å².